The van der Waals surface area contributed by atoms with Gasteiger partial charge in [-0.1, -0.05) is 36.4 Å². The van der Waals surface area contributed by atoms with Crippen LogP contribution in [0.3, 0.4) is 0 Å². The lowest BCUT2D eigenvalue weighted by Crippen LogP contribution is -2.36. The smallest absolute Gasteiger partial charge is 0.191 e. The fourth-order valence-electron chi connectivity index (χ4n) is 3.33. The van der Waals surface area contributed by atoms with Gasteiger partial charge in [0.25, 0.3) is 0 Å². The summed E-state index contributed by atoms with van der Waals surface area (Å²) >= 11 is 1.70. The van der Waals surface area contributed by atoms with E-state index in [2.05, 4.69) is 28.7 Å². The van der Waals surface area contributed by atoms with Gasteiger partial charge in [0.15, 0.2) is 11.0 Å². The van der Waals surface area contributed by atoms with Gasteiger partial charge < -0.3 is 4.90 Å². The Labute approximate surface area is 153 Å². The number of rotatable bonds is 7. The zero-order chi connectivity index (χ0) is 17.6. The van der Waals surface area contributed by atoms with Crippen LogP contribution in [-0.4, -0.2) is 45.1 Å². The Morgan fingerprint density at radius 3 is 2.92 bits per heavy atom. The summed E-state index contributed by atoms with van der Waals surface area (Å²) in [6.07, 6.45) is 6.84. The van der Waals surface area contributed by atoms with Crippen LogP contribution >= 0.6 is 11.8 Å². The molecule has 6 heteroatoms. The highest BCUT2D eigenvalue weighted by molar-refractivity contribution is 7.99. The van der Waals surface area contributed by atoms with Crippen LogP contribution < -0.4 is 0 Å². The monoisotopic (exact) mass is 360 g/mol. The Kier molecular flexibility index (Phi) is 6.26. The van der Waals surface area contributed by atoms with Crippen molar-refractivity contribution in [2.24, 2.45) is 0 Å². The van der Waals surface area contributed by atoms with Gasteiger partial charge in [-0.15, -0.1) is 16.8 Å². The zero-order valence-corrected chi connectivity index (χ0v) is 15.5. The Bertz CT molecular complexity index is 715. The van der Waals surface area contributed by atoms with Crippen LogP contribution in [-0.2, 0) is 6.54 Å². The molecule has 1 unspecified atom stereocenters. The van der Waals surface area contributed by atoms with Gasteiger partial charge in [0.1, 0.15) is 5.82 Å². The molecule has 0 amide bonds. The maximum absolute atomic E-state index is 14.1. The van der Waals surface area contributed by atoms with Crippen LogP contribution in [0.1, 0.15) is 25.7 Å². The van der Waals surface area contributed by atoms with Gasteiger partial charge in [-0.2, -0.15) is 0 Å². The average Bonchev–Trinajstić information content (AvgIpc) is 3.00. The number of hydrogen-bond acceptors (Lipinski definition) is 4. The van der Waals surface area contributed by atoms with Crippen molar-refractivity contribution in [3.05, 3.63) is 42.7 Å². The molecule has 0 N–H and O–H groups in total. The van der Waals surface area contributed by atoms with E-state index in [-0.39, 0.29) is 5.82 Å². The Hall–Kier alpha value is -1.66. The second-order valence-electron chi connectivity index (χ2n) is 6.45. The third-order valence-electron chi connectivity index (χ3n) is 4.75. The SMILES string of the molecule is C=CCn1c(SCCC2CCCCN2C)nnc1-c1ccccc1F. The predicted octanol–water partition coefficient (Wildman–Crippen LogP) is 4.24. The lowest BCUT2D eigenvalue weighted by Gasteiger charge is -2.32. The number of likely N-dealkylation sites (tertiary alicyclic amines) is 1. The number of allylic oxidation sites excluding steroid dienone is 1. The standard InChI is InChI=1S/C19H25FN4S/c1-3-12-24-18(16-9-4-5-10-17(16)20)21-22-19(24)25-14-11-15-8-6-7-13-23(15)2/h3-5,9-10,15H,1,6-8,11-14H2,2H3. The Morgan fingerprint density at radius 2 is 2.16 bits per heavy atom. The molecule has 25 heavy (non-hydrogen) atoms. The molecule has 1 aliphatic rings. The number of nitrogens with zero attached hydrogens (tertiary/aromatic N) is 4. The Balaban J connectivity index is 1.71. The summed E-state index contributed by atoms with van der Waals surface area (Å²) in [5, 5.41) is 9.37. The fourth-order valence-corrected chi connectivity index (χ4v) is 4.31. The normalized spacial score (nSPS) is 18.4. The fraction of sp³-hybridized carbons (Fsp3) is 0.474. The molecule has 0 spiro atoms. The van der Waals surface area contributed by atoms with E-state index in [0.717, 1.165) is 17.3 Å². The molecule has 1 aliphatic heterocycles. The number of thioether (sulfide) groups is 1. The first-order chi connectivity index (χ1) is 12.2. The summed E-state index contributed by atoms with van der Waals surface area (Å²) in [7, 11) is 2.21. The van der Waals surface area contributed by atoms with Crippen LogP contribution in [0.15, 0.2) is 42.1 Å². The van der Waals surface area contributed by atoms with Crippen molar-refractivity contribution in [3.63, 3.8) is 0 Å². The summed E-state index contributed by atoms with van der Waals surface area (Å²) in [5.74, 6) is 1.28. The number of aromatic nitrogens is 3. The number of hydrogen-bond donors (Lipinski definition) is 0. The average molecular weight is 361 g/mol. The maximum Gasteiger partial charge on any atom is 0.191 e. The number of halogens is 1. The summed E-state index contributed by atoms with van der Waals surface area (Å²) in [6, 6.07) is 7.35. The van der Waals surface area contributed by atoms with Crippen molar-refractivity contribution < 1.29 is 4.39 Å². The zero-order valence-electron chi connectivity index (χ0n) is 14.7. The van der Waals surface area contributed by atoms with Crippen LogP contribution in [0.25, 0.3) is 11.4 Å². The molecule has 3 rings (SSSR count). The molecule has 1 saturated heterocycles. The van der Waals surface area contributed by atoms with Crippen LogP contribution in [0, 0.1) is 5.82 Å². The van der Waals surface area contributed by atoms with Crippen molar-refractivity contribution in [2.45, 2.75) is 43.4 Å². The summed E-state index contributed by atoms with van der Waals surface area (Å²) in [4.78, 5) is 2.46. The topological polar surface area (TPSA) is 34.0 Å². The van der Waals surface area contributed by atoms with Gasteiger partial charge in [-0.05, 0) is 45.0 Å². The quantitative estimate of drug-likeness (QED) is 0.546. The molecule has 134 valence electrons. The van der Waals surface area contributed by atoms with Crippen molar-refractivity contribution in [1.29, 1.82) is 0 Å². The maximum atomic E-state index is 14.1. The van der Waals surface area contributed by atoms with Gasteiger partial charge in [-0.3, -0.25) is 4.57 Å². The second-order valence-corrected chi connectivity index (χ2v) is 7.51. The molecule has 1 fully saturated rings. The van der Waals surface area contributed by atoms with E-state index in [9.17, 15) is 4.39 Å². The third kappa shape index (κ3) is 4.30. The molecule has 0 radical (unpaired) electrons. The highest BCUT2D eigenvalue weighted by Gasteiger charge is 2.20. The van der Waals surface area contributed by atoms with Crippen molar-refractivity contribution in [2.75, 3.05) is 19.3 Å². The minimum atomic E-state index is -0.277. The minimum absolute atomic E-state index is 0.277. The molecule has 1 atom stereocenters. The molecular weight excluding hydrogens is 335 g/mol. The molecular formula is C19H25FN4S. The first kappa shape index (κ1) is 18.1. The third-order valence-corrected chi connectivity index (χ3v) is 5.75. The van der Waals surface area contributed by atoms with Crippen LogP contribution in [0.5, 0.6) is 0 Å². The lowest BCUT2D eigenvalue weighted by atomic mass is 10.0. The Morgan fingerprint density at radius 1 is 1.32 bits per heavy atom. The van der Waals surface area contributed by atoms with Gasteiger partial charge in [0.05, 0.1) is 5.56 Å². The molecule has 0 bridgehead atoms. The molecule has 0 aliphatic carbocycles. The number of piperidine rings is 1. The molecule has 2 aromatic rings. The summed E-state index contributed by atoms with van der Waals surface area (Å²) in [6.45, 7) is 5.58. The van der Waals surface area contributed by atoms with Crippen LogP contribution in [0.2, 0.25) is 0 Å². The molecule has 1 aromatic heterocycles. The van der Waals surface area contributed by atoms with Gasteiger partial charge in [0.2, 0.25) is 0 Å². The van der Waals surface area contributed by atoms with Crippen molar-refractivity contribution >= 4 is 11.8 Å². The van der Waals surface area contributed by atoms with Crippen molar-refractivity contribution in [1.82, 2.24) is 19.7 Å². The number of benzene rings is 1. The molecule has 4 nitrogen and oxygen atoms in total. The van der Waals surface area contributed by atoms with Gasteiger partial charge in [-0.25, -0.2) is 4.39 Å². The van der Waals surface area contributed by atoms with Gasteiger partial charge in [0, 0.05) is 18.3 Å². The largest absolute Gasteiger partial charge is 0.303 e. The van der Waals surface area contributed by atoms with E-state index < -0.39 is 0 Å². The summed E-state index contributed by atoms with van der Waals surface area (Å²) < 4.78 is 16.1. The summed E-state index contributed by atoms with van der Waals surface area (Å²) in [5.41, 5.74) is 0.482. The predicted molar refractivity (Wildman–Crippen MR) is 101 cm³/mol. The first-order valence-electron chi connectivity index (χ1n) is 8.82. The van der Waals surface area contributed by atoms with Crippen LogP contribution in [0.4, 0.5) is 4.39 Å². The van der Waals surface area contributed by atoms with E-state index in [0.29, 0.717) is 24.0 Å². The molecule has 0 saturated carbocycles. The lowest BCUT2D eigenvalue weighted by molar-refractivity contribution is 0.182. The van der Waals surface area contributed by atoms with E-state index in [1.54, 1.807) is 30.0 Å². The van der Waals surface area contributed by atoms with Gasteiger partial charge >= 0.3 is 0 Å². The van der Waals surface area contributed by atoms with E-state index in [1.807, 2.05) is 10.6 Å². The second kappa shape index (κ2) is 8.63. The van der Waals surface area contributed by atoms with E-state index in [4.69, 9.17) is 0 Å². The highest BCUT2D eigenvalue weighted by Crippen LogP contribution is 2.27. The first-order valence-corrected chi connectivity index (χ1v) is 9.81. The molecule has 1 aromatic carbocycles. The minimum Gasteiger partial charge on any atom is -0.303 e. The van der Waals surface area contributed by atoms with E-state index in [1.165, 1.54) is 31.9 Å². The van der Waals surface area contributed by atoms with Crippen molar-refractivity contribution in [3.8, 4) is 11.4 Å². The van der Waals surface area contributed by atoms with E-state index >= 15 is 0 Å². The molecule has 2 heterocycles. The highest BCUT2D eigenvalue weighted by atomic mass is 32.2.